The minimum Gasteiger partial charge on any atom is -0.477 e. The van der Waals surface area contributed by atoms with Gasteiger partial charge < -0.3 is 10.4 Å². The van der Waals surface area contributed by atoms with Gasteiger partial charge in [-0.2, -0.15) is 0 Å². The maximum Gasteiger partial charge on any atom is 0.354 e. The Hall–Kier alpha value is -1.58. The summed E-state index contributed by atoms with van der Waals surface area (Å²) in [5, 5.41) is 11.8. The van der Waals surface area contributed by atoms with Crippen molar-refractivity contribution in [1.82, 2.24) is 4.98 Å². The van der Waals surface area contributed by atoms with Crippen molar-refractivity contribution in [3.8, 4) is 0 Å². The number of aromatic carboxylic acids is 1. The van der Waals surface area contributed by atoms with E-state index in [9.17, 15) is 4.79 Å². The van der Waals surface area contributed by atoms with Gasteiger partial charge in [-0.25, -0.2) is 9.78 Å². The number of hydrogen-bond acceptors (Lipinski definition) is 3. The molecule has 14 heavy (non-hydrogen) atoms. The minimum atomic E-state index is -0.995. The van der Waals surface area contributed by atoms with Crippen molar-refractivity contribution in [2.45, 2.75) is 19.8 Å². The summed E-state index contributed by atoms with van der Waals surface area (Å²) in [7, 11) is 0. The van der Waals surface area contributed by atoms with Crippen LogP contribution in [0, 0.1) is 0 Å². The molecule has 1 aromatic heterocycles. The molecule has 0 saturated carbocycles. The van der Waals surface area contributed by atoms with Gasteiger partial charge in [0.1, 0.15) is 5.69 Å². The van der Waals surface area contributed by atoms with E-state index in [0.29, 0.717) is 0 Å². The van der Waals surface area contributed by atoms with E-state index in [0.717, 1.165) is 25.1 Å². The lowest BCUT2D eigenvalue weighted by molar-refractivity contribution is 0.0690. The SMILES string of the molecule is CCCCNc1ccc(C(=O)O)nc1. The largest absolute Gasteiger partial charge is 0.477 e. The van der Waals surface area contributed by atoms with Crippen LogP contribution in [0.4, 0.5) is 5.69 Å². The van der Waals surface area contributed by atoms with Crippen LogP contribution in [0.25, 0.3) is 0 Å². The third-order valence-electron chi connectivity index (χ3n) is 1.84. The summed E-state index contributed by atoms with van der Waals surface area (Å²) in [6.07, 6.45) is 3.77. The lowest BCUT2D eigenvalue weighted by Gasteiger charge is -2.04. The Bertz CT molecular complexity index is 295. The van der Waals surface area contributed by atoms with E-state index < -0.39 is 5.97 Å². The first-order valence-corrected chi connectivity index (χ1v) is 4.67. The summed E-state index contributed by atoms with van der Waals surface area (Å²) in [5.74, 6) is -0.995. The van der Waals surface area contributed by atoms with Crippen LogP contribution in [0.3, 0.4) is 0 Å². The van der Waals surface area contributed by atoms with Gasteiger partial charge >= 0.3 is 5.97 Å². The number of rotatable bonds is 5. The summed E-state index contributed by atoms with van der Waals surface area (Å²) in [4.78, 5) is 14.3. The van der Waals surface area contributed by atoms with Crippen LogP contribution in [0.1, 0.15) is 30.3 Å². The van der Waals surface area contributed by atoms with E-state index in [1.165, 1.54) is 6.07 Å². The van der Waals surface area contributed by atoms with E-state index in [4.69, 9.17) is 5.11 Å². The number of unbranched alkanes of at least 4 members (excludes halogenated alkanes) is 1. The first kappa shape index (κ1) is 10.5. The summed E-state index contributed by atoms with van der Waals surface area (Å²) in [6.45, 7) is 3.01. The van der Waals surface area contributed by atoms with E-state index in [1.54, 1.807) is 12.3 Å². The van der Waals surface area contributed by atoms with Gasteiger partial charge in [0, 0.05) is 6.54 Å². The zero-order valence-electron chi connectivity index (χ0n) is 8.16. The minimum absolute atomic E-state index is 0.0750. The number of hydrogen-bond donors (Lipinski definition) is 2. The Kier molecular flexibility index (Phi) is 3.91. The second kappa shape index (κ2) is 5.21. The van der Waals surface area contributed by atoms with Crippen molar-refractivity contribution in [2.24, 2.45) is 0 Å². The highest BCUT2D eigenvalue weighted by atomic mass is 16.4. The van der Waals surface area contributed by atoms with Gasteiger partial charge in [0.2, 0.25) is 0 Å². The number of aromatic nitrogens is 1. The quantitative estimate of drug-likeness (QED) is 0.704. The first-order chi connectivity index (χ1) is 6.74. The smallest absolute Gasteiger partial charge is 0.354 e. The number of anilines is 1. The molecule has 2 N–H and O–H groups in total. The van der Waals surface area contributed by atoms with Gasteiger partial charge in [0.25, 0.3) is 0 Å². The summed E-state index contributed by atoms with van der Waals surface area (Å²) >= 11 is 0. The van der Waals surface area contributed by atoms with E-state index in [1.807, 2.05) is 0 Å². The number of carboxylic acid groups (broad SMARTS) is 1. The number of carbonyl (C=O) groups is 1. The van der Waals surface area contributed by atoms with Crippen molar-refractivity contribution >= 4 is 11.7 Å². The molecule has 0 unspecified atom stereocenters. The van der Waals surface area contributed by atoms with Crippen LogP contribution in [0.15, 0.2) is 18.3 Å². The first-order valence-electron chi connectivity index (χ1n) is 4.67. The van der Waals surface area contributed by atoms with Gasteiger partial charge in [0.15, 0.2) is 0 Å². The van der Waals surface area contributed by atoms with Crippen molar-refractivity contribution in [3.63, 3.8) is 0 Å². The third-order valence-corrected chi connectivity index (χ3v) is 1.84. The van der Waals surface area contributed by atoms with Crippen LogP contribution >= 0.6 is 0 Å². The Balaban J connectivity index is 2.51. The summed E-state index contributed by atoms with van der Waals surface area (Å²) in [6, 6.07) is 3.22. The second-order valence-corrected chi connectivity index (χ2v) is 3.02. The van der Waals surface area contributed by atoms with E-state index in [-0.39, 0.29) is 5.69 Å². The molecule has 0 saturated heterocycles. The maximum absolute atomic E-state index is 10.5. The van der Waals surface area contributed by atoms with Crippen molar-refractivity contribution < 1.29 is 9.90 Å². The fourth-order valence-corrected chi connectivity index (χ4v) is 1.03. The van der Waals surface area contributed by atoms with Crippen molar-refractivity contribution in [2.75, 3.05) is 11.9 Å². The molecule has 4 nitrogen and oxygen atoms in total. The summed E-state index contributed by atoms with van der Waals surface area (Å²) < 4.78 is 0. The Morgan fingerprint density at radius 3 is 2.86 bits per heavy atom. The summed E-state index contributed by atoms with van der Waals surface area (Å²) in [5.41, 5.74) is 0.939. The molecule has 4 heteroatoms. The molecule has 1 aromatic rings. The predicted octanol–water partition coefficient (Wildman–Crippen LogP) is 1.99. The molecule has 0 aromatic carbocycles. The zero-order valence-corrected chi connectivity index (χ0v) is 8.16. The fraction of sp³-hybridized carbons (Fsp3) is 0.400. The zero-order chi connectivity index (χ0) is 10.4. The number of carboxylic acids is 1. The lowest BCUT2D eigenvalue weighted by atomic mass is 10.3. The van der Waals surface area contributed by atoms with E-state index in [2.05, 4.69) is 17.2 Å². The van der Waals surface area contributed by atoms with Crippen LogP contribution in [0.5, 0.6) is 0 Å². The fourth-order valence-electron chi connectivity index (χ4n) is 1.03. The predicted molar refractivity (Wildman–Crippen MR) is 54.6 cm³/mol. The molecule has 1 heterocycles. The average molecular weight is 194 g/mol. The number of nitrogens with one attached hydrogen (secondary N) is 1. The van der Waals surface area contributed by atoms with Gasteiger partial charge in [0.05, 0.1) is 11.9 Å². The van der Waals surface area contributed by atoms with Gasteiger partial charge in [-0.15, -0.1) is 0 Å². The van der Waals surface area contributed by atoms with Gasteiger partial charge in [-0.1, -0.05) is 13.3 Å². The van der Waals surface area contributed by atoms with E-state index >= 15 is 0 Å². The van der Waals surface area contributed by atoms with Gasteiger partial charge in [-0.05, 0) is 18.6 Å². The van der Waals surface area contributed by atoms with Gasteiger partial charge in [-0.3, -0.25) is 0 Å². The highest BCUT2D eigenvalue weighted by molar-refractivity contribution is 5.85. The Morgan fingerprint density at radius 1 is 1.57 bits per heavy atom. The molecule has 1 rings (SSSR count). The Morgan fingerprint density at radius 2 is 2.36 bits per heavy atom. The topological polar surface area (TPSA) is 62.2 Å². The number of pyridine rings is 1. The third kappa shape index (κ3) is 3.05. The van der Waals surface area contributed by atoms with Crippen LogP contribution in [-0.2, 0) is 0 Å². The number of nitrogens with zero attached hydrogens (tertiary/aromatic N) is 1. The average Bonchev–Trinajstić information content (AvgIpc) is 2.19. The highest BCUT2D eigenvalue weighted by Gasteiger charge is 2.02. The monoisotopic (exact) mass is 194 g/mol. The molecule has 0 spiro atoms. The maximum atomic E-state index is 10.5. The lowest BCUT2D eigenvalue weighted by Crippen LogP contribution is -2.03. The highest BCUT2D eigenvalue weighted by Crippen LogP contribution is 2.06. The Labute approximate surface area is 83.0 Å². The molecular weight excluding hydrogens is 180 g/mol. The standard InChI is InChI=1S/C10H14N2O2/c1-2-3-6-11-8-4-5-9(10(13)14)12-7-8/h4-5,7,11H,2-3,6H2,1H3,(H,13,14). The molecule has 0 atom stereocenters. The van der Waals surface area contributed by atoms with Crippen molar-refractivity contribution in [1.29, 1.82) is 0 Å². The second-order valence-electron chi connectivity index (χ2n) is 3.02. The molecule has 0 fully saturated rings. The van der Waals surface area contributed by atoms with Crippen molar-refractivity contribution in [3.05, 3.63) is 24.0 Å². The molecule has 0 aliphatic heterocycles. The molecule has 0 radical (unpaired) electrons. The molecule has 0 aliphatic carbocycles. The molecule has 0 amide bonds. The normalized spacial score (nSPS) is 9.79. The molecule has 76 valence electrons. The van der Waals surface area contributed by atoms with Crippen LogP contribution < -0.4 is 5.32 Å². The molecule has 0 aliphatic rings. The molecule has 0 bridgehead atoms. The van der Waals surface area contributed by atoms with Crippen LogP contribution in [0.2, 0.25) is 0 Å². The molecular formula is C10H14N2O2. The van der Waals surface area contributed by atoms with Crippen LogP contribution in [-0.4, -0.2) is 22.6 Å².